The first-order valence-electron chi connectivity index (χ1n) is 9.60. The summed E-state index contributed by atoms with van der Waals surface area (Å²) in [5, 5.41) is 5.68. The zero-order valence-electron chi connectivity index (χ0n) is 15.9. The van der Waals surface area contributed by atoms with Crippen LogP contribution in [0.3, 0.4) is 0 Å². The molecule has 1 fully saturated rings. The Kier molecular flexibility index (Phi) is 9.06. The fourth-order valence-electron chi connectivity index (χ4n) is 3.46. The highest BCUT2D eigenvalue weighted by Crippen LogP contribution is 2.36. The molecule has 6 nitrogen and oxygen atoms in total. The Morgan fingerprint density at radius 2 is 1.89 bits per heavy atom. The topological polar surface area (TPSA) is 84.5 Å². The summed E-state index contributed by atoms with van der Waals surface area (Å²) in [7, 11) is 0. The van der Waals surface area contributed by atoms with Crippen molar-refractivity contribution >= 4 is 41.1 Å². The number of carbonyl (C=O) groups is 3. The van der Waals surface area contributed by atoms with Gasteiger partial charge in [-0.3, -0.25) is 14.9 Å². The van der Waals surface area contributed by atoms with Crippen LogP contribution in [0.2, 0.25) is 10.0 Å². The van der Waals surface area contributed by atoms with Gasteiger partial charge >= 0.3 is 12.0 Å². The number of rotatable bonds is 8. The van der Waals surface area contributed by atoms with Gasteiger partial charge in [0.25, 0.3) is 0 Å². The van der Waals surface area contributed by atoms with Gasteiger partial charge in [0.15, 0.2) is 0 Å². The minimum absolute atomic E-state index is 0.0494. The summed E-state index contributed by atoms with van der Waals surface area (Å²) < 4.78 is 4.80. The van der Waals surface area contributed by atoms with Crippen molar-refractivity contribution < 1.29 is 19.1 Å². The van der Waals surface area contributed by atoms with Gasteiger partial charge in [-0.2, -0.15) is 0 Å². The van der Waals surface area contributed by atoms with Crippen molar-refractivity contribution in [3.05, 3.63) is 33.8 Å². The summed E-state index contributed by atoms with van der Waals surface area (Å²) >= 11 is 12.1. The molecule has 1 saturated carbocycles. The third kappa shape index (κ3) is 6.99. The number of ether oxygens (including phenoxy) is 1. The van der Waals surface area contributed by atoms with E-state index < -0.39 is 17.9 Å². The fourth-order valence-corrected chi connectivity index (χ4v) is 3.76. The molecule has 1 aliphatic carbocycles. The predicted molar refractivity (Wildman–Crippen MR) is 109 cm³/mol. The van der Waals surface area contributed by atoms with E-state index in [2.05, 4.69) is 10.6 Å². The molecular weight excluding hydrogens is 403 g/mol. The molecular formula is C20H26Cl2N2O4. The quantitative estimate of drug-likeness (QED) is 0.599. The molecule has 2 rings (SSSR count). The highest BCUT2D eigenvalue weighted by atomic mass is 35.5. The molecule has 0 radical (unpaired) electrons. The van der Waals surface area contributed by atoms with Crippen molar-refractivity contribution in [2.24, 2.45) is 5.92 Å². The van der Waals surface area contributed by atoms with Crippen molar-refractivity contribution in [2.75, 3.05) is 13.2 Å². The lowest BCUT2D eigenvalue weighted by molar-refractivity contribution is -0.142. The van der Waals surface area contributed by atoms with Crippen molar-refractivity contribution in [2.45, 2.75) is 51.4 Å². The second-order valence-corrected chi connectivity index (χ2v) is 7.73. The monoisotopic (exact) mass is 428 g/mol. The summed E-state index contributed by atoms with van der Waals surface area (Å²) in [6, 6.07) is 4.48. The molecule has 8 heteroatoms. The van der Waals surface area contributed by atoms with E-state index in [0.717, 1.165) is 31.2 Å². The number of urea groups is 1. The zero-order chi connectivity index (χ0) is 20.5. The van der Waals surface area contributed by atoms with Crippen molar-refractivity contribution in [1.82, 2.24) is 10.6 Å². The summed E-state index contributed by atoms with van der Waals surface area (Å²) in [4.78, 5) is 36.2. The van der Waals surface area contributed by atoms with Crippen LogP contribution in [0.25, 0.3) is 0 Å². The number of halogens is 2. The molecule has 0 bridgehead atoms. The van der Waals surface area contributed by atoms with Crippen LogP contribution in [0.5, 0.6) is 0 Å². The minimum Gasteiger partial charge on any atom is -0.466 e. The van der Waals surface area contributed by atoms with Crippen LogP contribution in [-0.4, -0.2) is 31.1 Å². The van der Waals surface area contributed by atoms with Gasteiger partial charge in [-0.05, 0) is 37.0 Å². The molecule has 3 amide bonds. The van der Waals surface area contributed by atoms with Gasteiger partial charge in [0.1, 0.15) is 0 Å². The molecule has 1 aromatic rings. The molecule has 0 aliphatic heterocycles. The van der Waals surface area contributed by atoms with Crippen LogP contribution in [0.15, 0.2) is 18.2 Å². The lowest BCUT2D eigenvalue weighted by atomic mass is 9.87. The molecule has 0 spiro atoms. The maximum atomic E-state index is 12.8. The molecule has 1 aliphatic rings. The predicted octanol–water partition coefficient (Wildman–Crippen LogP) is 4.44. The first-order valence-corrected chi connectivity index (χ1v) is 10.4. The molecule has 2 N–H and O–H groups in total. The smallest absolute Gasteiger partial charge is 0.321 e. The maximum Gasteiger partial charge on any atom is 0.321 e. The highest BCUT2D eigenvalue weighted by Gasteiger charge is 2.28. The number of hydrogen-bond donors (Lipinski definition) is 2. The molecule has 1 unspecified atom stereocenters. The van der Waals surface area contributed by atoms with Gasteiger partial charge in [-0.15, -0.1) is 0 Å². The number of nitrogens with one attached hydrogen (secondary N) is 2. The number of hydrogen-bond acceptors (Lipinski definition) is 4. The van der Waals surface area contributed by atoms with Crippen LogP contribution in [0, 0.1) is 5.92 Å². The normalized spacial score (nSPS) is 15.1. The van der Waals surface area contributed by atoms with Gasteiger partial charge in [-0.25, -0.2) is 4.79 Å². The molecule has 1 atom stereocenters. The number of carbonyl (C=O) groups excluding carboxylic acids is 3. The van der Waals surface area contributed by atoms with E-state index in [1.807, 2.05) is 0 Å². The Morgan fingerprint density at radius 1 is 1.18 bits per heavy atom. The molecule has 0 aromatic heterocycles. The van der Waals surface area contributed by atoms with Crippen LogP contribution in [0.4, 0.5) is 4.79 Å². The SMILES string of the molecule is CCOC(=O)CCNC(=O)NC(=O)C(CC1CCCC1)c1ccc(Cl)c(Cl)c1. The van der Waals surface area contributed by atoms with E-state index in [1.165, 1.54) is 0 Å². The van der Waals surface area contributed by atoms with E-state index in [-0.39, 0.29) is 25.5 Å². The number of esters is 1. The Balaban J connectivity index is 1.98. The average Bonchev–Trinajstić information content (AvgIpc) is 3.15. The summed E-state index contributed by atoms with van der Waals surface area (Å²) in [5.41, 5.74) is 0.734. The first-order chi connectivity index (χ1) is 13.4. The fraction of sp³-hybridized carbons (Fsp3) is 0.550. The van der Waals surface area contributed by atoms with Crippen molar-refractivity contribution in [3.8, 4) is 0 Å². The lowest BCUT2D eigenvalue weighted by Crippen LogP contribution is -2.42. The molecule has 154 valence electrons. The second kappa shape index (κ2) is 11.3. The third-order valence-electron chi connectivity index (χ3n) is 4.86. The lowest BCUT2D eigenvalue weighted by Gasteiger charge is -2.21. The minimum atomic E-state index is -0.634. The maximum absolute atomic E-state index is 12.8. The number of amides is 3. The third-order valence-corrected chi connectivity index (χ3v) is 5.60. The van der Waals surface area contributed by atoms with E-state index in [4.69, 9.17) is 27.9 Å². The highest BCUT2D eigenvalue weighted by molar-refractivity contribution is 6.42. The number of imide groups is 1. The Bertz CT molecular complexity index is 705. The van der Waals surface area contributed by atoms with E-state index >= 15 is 0 Å². The van der Waals surface area contributed by atoms with Gasteiger partial charge in [0, 0.05) is 6.54 Å². The van der Waals surface area contributed by atoms with E-state index in [9.17, 15) is 14.4 Å². The molecule has 28 heavy (non-hydrogen) atoms. The van der Waals surface area contributed by atoms with Gasteiger partial charge in [0.2, 0.25) is 5.91 Å². The van der Waals surface area contributed by atoms with Gasteiger partial charge in [-0.1, -0.05) is 55.0 Å². The number of benzene rings is 1. The van der Waals surface area contributed by atoms with E-state index in [1.54, 1.807) is 25.1 Å². The summed E-state index contributed by atoms with van der Waals surface area (Å²) in [5.74, 6) is -0.839. The average molecular weight is 429 g/mol. The summed E-state index contributed by atoms with van der Waals surface area (Å²) in [6.07, 6.45) is 5.19. The van der Waals surface area contributed by atoms with Crippen LogP contribution in [-0.2, 0) is 14.3 Å². The first kappa shape index (κ1) is 22.5. The molecule has 0 heterocycles. The van der Waals surface area contributed by atoms with Crippen LogP contribution >= 0.6 is 23.2 Å². The van der Waals surface area contributed by atoms with E-state index in [0.29, 0.717) is 22.4 Å². The zero-order valence-corrected chi connectivity index (χ0v) is 17.4. The second-order valence-electron chi connectivity index (χ2n) is 6.91. The molecule has 1 aromatic carbocycles. The summed E-state index contributed by atoms with van der Waals surface area (Å²) in [6.45, 7) is 2.10. The van der Waals surface area contributed by atoms with Crippen molar-refractivity contribution in [1.29, 1.82) is 0 Å². The Morgan fingerprint density at radius 3 is 2.54 bits per heavy atom. The Hall–Kier alpha value is -1.79. The van der Waals surface area contributed by atoms with Crippen LogP contribution < -0.4 is 10.6 Å². The Labute approximate surface area is 175 Å². The van der Waals surface area contributed by atoms with Gasteiger partial charge < -0.3 is 10.1 Å². The van der Waals surface area contributed by atoms with Crippen molar-refractivity contribution in [3.63, 3.8) is 0 Å². The largest absolute Gasteiger partial charge is 0.466 e. The standard InChI is InChI=1S/C20H26Cl2N2O4/c1-2-28-18(25)9-10-23-20(27)24-19(26)15(11-13-5-3-4-6-13)14-7-8-16(21)17(22)12-14/h7-8,12-13,15H,2-6,9-11H2,1H3,(H2,23,24,26,27). The van der Waals surface area contributed by atoms with Crippen LogP contribution in [0.1, 0.15) is 56.9 Å². The van der Waals surface area contributed by atoms with Gasteiger partial charge in [0.05, 0.1) is 29.0 Å². The molecule has 0 saturated heterocycles.